The van der Waals surface area contributed by atoms with Gasteiger partial charge < -0.3 is 4.57 Å². The molecule has 0 N–H and O–H groups in total. The summed E-state index contributed by atoms with van der Waals surface area (Å²) in [4.78, 5) is 12.1. The highest BCUT2D eigenvalue weighted by Gasteiger charge is 2.20. The van der Waals surface area contributed by atoms with Crippen LogP contribution in [0.25, 0.3) is 5.69 Å². The van der Waals surface area contributed by atoms with E-state index in [1.165, 1.54) is 12.1 Å². The lowest BCUT2D eigenvalue weighted by Crippen LogP contribution is -2.11. The molecule has 2 nitrogen and oxygen atoms in total. The summed E-state index contributed by atoms with van der Waals surface area (Å²) in [6, 6.07) is 6.29. The van der Waals surface area contributed by atoms with Crippen molar-refractivity contribution < 1.29 is 9.18 Å². The Hall–Kier alpha value is -1.13. The highest BCUT2D eigenvalue weighted by Crippen LogP contribution is 2.28. The summed E-state index contributed by atoms with van der Waals surface area (Å²) in [7, 11) is 0. The van der Waals surface area contributed by atoms with Crippen molar-refractivity contribution in [2.45, 2.75) is 26.1 Å². The molecule has 0 saturated heterocycles. The zero-order chi connectivity index (χ0) is 15.0. The summed E-state index contributed by atoms with van der Waals surface area (Å²) in [5.74, 6) is -0.419. The minimum absolute atomic E-state index is 0.107. The monoisotopic (exact) mass is 357 g/mol. The van der Waals surface area contributed by atoms with Crippen LogP contribution in [0.3, 0.4) is 0 Å². The Balaban J connectivity index is 2.61. The van der Waals surface area contributed by atoms with Crippen molar-refractivity contribution in [1.82, 2.24) is 4.57 Å². The average Bonchev–Trinajstić information content (AvgIpc) is 2.65. The predicted octanol–water partition coefficient (Wildman–Crippen LogP) is 4.81. The van der Waals surface area contributed by atoms with Crippen molar-refractivity contribution in [2.24, 2.45) is 0 Å². The second-order valence-electron chi connectivity index (χ2n) is 4.70. The summed E-state index contributed by atoms with van der Waals surface area (Å²) in [5.41, 5.74) is 3.09. The Bertz CT molecular complexity index is 679. The van der Waals surface area contributed by atoms with Gasteiger partial charge in [-0.1, -0.05) is 0 Å². The van der Waals surface area contributed by atoms with Gasteiger partial charge >= 0.3 is 0 Å². The van der Waals surface area contributed by atoms with Gasteiger partial charge in [0.05, 0.1) is 11.1 Å². The van der Waals surface area contributed by atoms with Gasteiger partial charge in [0.15, 0.2) is 5.78 Å². The first-order valence-corrected chi connectivity index (χ1v) is 7.38. The molecule has 1 atom stereocenters. The molecule has 0 aliphatic heterocycles. The van der Waals surface area contributed by atoms with Crippen LogP contribution >= 0.6 is 27.5 Å². The second-order valence-corrected chi connectivity index (χ2v) is 6.21. The van der Waals surface area contributed by atoms with Crippen LogP contribution in [-0.2, 0) is 0 Å². The van der Waals surface area contributed by atoms with Gasteiger partial charge in [0.2, 0.25) is 0 Å². The largest absolute Gasteiger partial charge is 0.317 e. The number of aromatic nitrogens is 1. The second kappa shape index (κ2) is 5.70. The summed E-state index contributed by atoms with van der Waals surface area (Å²) < 4.78 is 15.7. The molecule has 20 heavy (non-hydrogen) atoms. The maximum absolute atomic E-state index is 13.2. The van der Waals surface area contributed by atoms with E-state index >= 15 is 0 Å². The zero-order valence-corrected chi connectivity index (χ0v) is 13.7. The number of carbonyl (C=O) groups excluding carboxylic acids is 1. The lowest BCUT2D eigenvalue weighted by molar-refractivity contribution is 0.0991. The first-order valence-electron chi connectivity index (χ1n) is 6.15. The number of ketones is 1. The quantitative estimate of drug-likeness (QED) is 0.570. The summed E-state index contributed by atoms with van der Waals surface area (Å²) in [5, 5.41) is -0.569. The van der Waals surface area contributed by atoms with Gasteiger partial charge in [0, 0.05) is 21.4 Å². The third-order valence-corrected chi connectivity index (χ3v) is 4.04. The highest BCUT2D eigenvalue weighted by atomic mass is 79.9. The number of Topliss-reactive ketones (excluding diaryl/α,β-unsaturated/α-hetero) is 1. The van der Waals surface area contributed by atoms with E-state index < -0.39 is 5.38 Å². The summed E-state index contributed by atoms with van der Waals surface area (Å²) in [6.45, 7) is 5.41. The Morgan fingerprint density at radius 3 is 2.55 bits per heavy atom. The number of nitrogens with zero attached hydrogens (tertiary/aromatic N) is 1. The molecule has 0 amide bonds. The standard InChI is InChI=1S/C15H14BrClFNO/c1-8-6-12(15(20)9(2)17)10(3)19(8)14-5-4-11(18)7-13(14)16/h4-7,9H,1-3H3. The molecule has 0 radical (unpaired) electrons. The third kappa shape index (κ3) is 2.67. The Labute approximate surface area is 130 Å². The summed E-state index contributed by atoms with van der Waals surface area (Å²) >= 11 is 9.23. The summed E-state index contributed by atoms with van der Waals surface area (Å²) in [6.07, 6.45) is 0. The lowest BCUT2D eigenvalue weighted by atomic mass is 10.1. The molecule has 0 aliphatic carbocycles. The van der Waals surface area contributed by atoms with Crippen LogP contribution in [0.5, 0.6) is 0 Å². The molecule has 1 aromatic carbocycles. The average molecular weight is 359 g/mol. The molecule has 106 valence electrons. The topological polar surface area (TPSA) is 22.0 Å². The van der Waals surface area contributed by atoms with E-state index in [4.69, 9.17) is 11.6 Å². The number of hydrogen-bond donors (Lipinski definition) is 0. The molecule has 0 spiro atoms. The van der Waals surface area contributed by atoms with Crippen LogP contribution in [0, 0.1) is 19.7 Å². The molecule has 1 unspecified atom stereocenters. The molecule has 1 heterocycles. The van der Waals surface area contributed by atoms with Crippen LogP contribution in [0.2, 0.25) is 0 Å². The normalized spacial score (nSPS) is 12.5. The van der Waals surface area contributed by atoms with Crippen LogP contribution in [0.15, 0.2) is 28.7 Å². The van der Waals surface area contributed by atoms with Crippen LogP contribution in [0.4, 0.5) is 4.39 Å². The molecule has 0 saturated carbocycles. The van der Waals surface area contributed by atoms with E-state index in [0.29, 0.717) is 10.0 Å². The molecule has 2 aromatic rings. The number of hydrogen-bond acceptors (Lipinski definition) is 1. The fourth-order valence-corrected chi connectivity index (χ4v) is 2.91. The third-order valence-electron chi connectivity index (χ3n) is 3.21. The fourth-order valence-electron chi connectivity index (χ4n) is 2.26. The number of halogens is 3. The number of benzene rings is 1. The first-order chi connectivity index (χ1) is 9.32. The molecular formula is C15H14BrClFNO. The number of carbonyl (C=O) groups is 1. The van der Waals surface area contributed by atoms with Gasteiger partial charge in [-0.25, -0.2) is 4.39 Å². The van der Waals surface area contributed by atoms with Gasteiger partial charge in [-0.2, -0.15) is 0 Å². The molecule has 0 aliphatic rings. The number of rotatable bonds is 3. The van der Waals surface area contributed by atoms with Gasteiger partial charge in [-0.3, -0.25) is 4.79 Å². The molecule has 0 bridgehead atoms. The number of aryl methyl sites for hydroxylation is 1. The Morgan fingerprint density at radius 1 is 1.35 bits per heavy atom. The van der Waals surface area contributed by atoms with E-state index in [2.05, 4.69) is 15.9 Å². The van der Waals surface area contributed by atoms with Crippen molar-refractivity contribution >= 4 is 33.3 Å². The van der Waals surface area contributed by atoms with E-state index in [0.717, 1.165) is 17.1 Å². The minimum Gasteiger partial charge on any atom is -0.317 e. The van der Waals surface area contributed by atoms with Gasteiger partial charge in [0.1, 0.15) is 5.82 Å². The van der Waals surface area contributed by atoms with Gasteiger partial charge in [-0.05, 0) is 61.0 Å². The molecule has 2 rings (SSSR count). The minimum atomic E-state index is -0.569. The molecular weight excluding hydrogens is 345 g/mol. The van der Waals surface area contributed by atoms with E-state index in [-0.39, 0.29) is 11.6 Å². The SMILES string of the molecule is Cc1cc(C(=O)C(C)Cl)c(C)n1-c1ccc(F)cc1Br. The van der Waals surface area contributed by atoms with Crippen molar-refractivity contribution in [3.8, 4) is 5.69 Å². The zero-order valence-electron chi connectivity index (χ0n) is 11.4. The van der Waals surface area contributed by atoms with Gasteiger partial charge in [-0.15, -0.1) is 11.6 Å². The van der Waals surface area contributed by atoms with Crippen LogP contribution < -0.4 is 0 Å². The van der Waals surface area contributed by atoms with Crippen molar-refractivity contribution in [2.75, 3.05) is 0 Å². The predicted molar refractivity (Wildman–Crippen MR) is 82.5 cm³/mol. The van der Waals surface area contributed by atoms with Crippen LogP contribution in [-0.4, -0.2) is 15.7 Å². The first kappa shape index (κ1) is 15.3. The van der Waals surface area contributed by atoms with E-state index in [1.54, 1.807) is 13.0 Å². The molecule has 1 aromatic heterocycles. The number of alkyl halides is 1. The fraction of sp³-hybridized carbons (Fsp3) is 0.267. The van der Waals surface area contributed by atoms with E-state index in [9.17, 15) is 9.18 Å². The van der Waals surface area contributed by atoms with E-state index in [1.807, 2.05) is 24.5 Å². The maximum Gasteiger partial charge on any atom is 0.182 e. The maximum atomic E-state index is 13.2. The van der Waals surface area contributed by atoms with Crippen molar-refractivity contribution in [3.05, 3.63) is 51.5 Å². The molecule has 5 heteroatoms. The Kier molecular flexibility index (Phi) is 4.35. The Morgan fingerprint density at radius 2 is 2.00 bits per heavy atom. The van der Waals surface area contributed by atoms with Crippen LogP contribution in [0.1, 0.15) is 28.7 Å². The smallest absolute Gasteiger partial charge is 0.182 e. The highest BCUT2D eigenvalue weighted by molar-refractivity contribution is 9.10. The van der Waals surface area contributed by atoms with Crippen molar-refractivity contribution in [3.63, 3.8) is 0 Å². The van der Waals surface area contributed by atoms with Gasteiger partial charge in [0.25, 0.3) is 0 Å². The van der Waals surface area contributed by atoms with Crippen molar-refractivity contribution in [1.29, 1.82) is 0 Å². The molecule has 0 fully saturated rings. The lowest BCUT2D eigenvalue weighted by Gasteiger charge is -2.12.